The number of fused-ring (bicyclic) bond motifs is 5. The second kappa shape index (κ2) is 10.9. The Kier molecular flexibility index (Phi) is 8.68. The number of aliphatic hydroxyl groups is 3. The van der Waals surface area contributed by atoms with Crippen LogP contribution >= 0.6 is 0 Å². The summed E-state index contributed by atoms with van der Waals surface area (Å²) in [4.78, 5) is 12.5. The molecule has 0 aromatic rings. The maximum atomic E-state index is 12.5. The lowest BCUT2D eigenvalue weighted by Gasteiger charge is -2.65. The quantitative estimate of drug-likeness (QED) is 0.336. The second-order valence-electron chi connectivity index (χ2n) is 13.9. The molecule has 0 heterocycles. The summed E-state index contributed by atoms with van der Waals surface area (Å²) >= 11 is 0. The van der Waals surface area contributed by atoms with Gasteiger partial charge < -0.3 is 25.2 Å². The standard InChI is InChI=1S/C29H51NO7S/c1-6-19-22-13-18(31)11-12-28(22,4)23-14-24(32)29(5)20(8-9-21(29)26(23)27(19)34)16(2)7-10-25(33)30-17(3)15-38(35,36)37/h16-24,26-27,31-32,34H,6-15H2,1-5H3,(H,30,33)(H,35,36,37)/p-1/t16-,17+,18-,19-,20-,21+,22+,23+,24+,26+,27-,28+,29-/m1/s1. The number of aliphatic hydroxyl groups excluding tert-OH is 3. The Labute approximate surface area is 229 Å². The van der Waals surface area contributed by atoms with Gasteiger partial charge in [0.1, 0.15) is 0 Å². The van der Waals surface area contributed by atoms with Crippen LogP contribution in [-0.4, -0.2) is 64.3 Å². The fourth-order valence-electron chi connectivity index (χ4n) is 10.1. The van der Waals surface area contributed by atoms with Gasteiger partial charge >= 0.3 is 0 Å². The van der Waals surface area contributed by atoms with Crippen LogP contribution in [-0.2, 0) is 14.9 Å². The molecule has 4 rings (SSSR count). The molecular weight excluding hydrogens is 506 g/mol. The number of carbonyl (C=O) groups is 1. The van der Waals surface area contributed by atoms with Crippen molar-refractivity contribution in [1.29, 1.82) is 0 Å². The molecule has 8 nitrogen and oxygen atoms in total. The first-order chi connectivity index (χ1) is 17.6. The van der Waals surface area contributed by atoms with E-state index < -0.39 is 34.1 Å². The predicted octanol–water partition coefficient (Wildman–Crippen LogP) is 3.05. The molecule has 0 spiro atoms. The van der Waals surface area contributed by atoms with Crippen molar-refractivity contribution in [3.63, 3.8) is 0 Å². The molecule has 4 aliphatic rings. The highest BCUT2D eigenvalue weighted by Gasteiger charge is 2.67. The summed E-state index contributed by atoms with van der Waals surface area (Å²) in [5.41, 5.74) is -0.320. The van der Waals surface area contributed by atoms with Crippen molar-refractivity contribution in [2.24, 2.45) is 52.3 Å². The van der Waals surface area contributed by atoms with Crippen molar-refractivity contribution >= 4 is 16.0 Å². The fraction of sp³-hybridized carbons (Fsp3) is 0.966. The molecule has 1 amide bonds. The largest absolute Gasteiger partial charge is 0.748 e. The number of amides is 1. The lowest BCUT2D eigenvalue weighted by atomic mass is 9.41. The Morgan fingerprint density at radius 2 is 1.74 bits per heavy atom. The lowest BCUT2D eigenvalue weighted by Crippen LogP contribution is -2.65. The van der Waals surface area contributed by atoms with Crippen LogP contribution < -0.4 is 5.32 Å². The topological polar surface area (TPSA) is 147 Å². The molecule has 4 N–H and O–H groups in total. The van der Waals surface area contributed by atoms with Crippen LogP contribution in [0.15, 0.2) is 0 Å². The summed E-state index contributed by atoms with van der Waals surface area (Å²) in [5, 5.41) is 36.7. The van der Waals surface area contributed by atoms with E-state index in [-0.39, 0.29) is 70.7 Å². The lowest BCUT2D eigenvalue weighted by molar-refractivity contribution is -0.228. The van der Waals surface area contributed by atoms with Crippen LogP contribution in [0.25, 0.3) is 0 Å². The van der Waals surface area contributed by atoms with Crippen molar-refractivity contribution < 1.29 is 33.1 Å². The molecule has 38 heavy (non-hydrogen) atoms. The molecule has 9 heteroatoms. The number of nitrogens with one attached hydrogen (secondary N) is 1. The average Bonchev–Trinajstić information content (AvgIpc) is 3.17. The van der Waals surface area contributed by atoms with E-state index in [2.05, 4.69) is 33.0 Å². The van der Waals surface area contributed by atoms with E-state index >= 15 is 0 Å². The highest BCUT2D eigenvalue weighted by atomic mass is 32.2. The van der Waals surface area contributed by atoms with E-state index in [0.717, 1.165) is 38.5 Å². The third kappa shape index (κ3) is 5.31. The van der Waals surface area contributed by atoms with E-state index in [4.69, 9.17) is 0 Å². The van der Waals surface area contributed by atoms with Gasteiger partial charge in [-0.1, -0.05) is 34.1 Å². The minimum absolute atomic E-state index is 0.0160. The summed E-state index contributed by atoms with van der Waals surface area (Å²) < 4.78 is 32.9. The first kappa shape index (κ1) is 30.2. The van der Waals surface area contributed by atoms with Crippen LogP contribution in [0.1, 0.15) is 92.4 Å². The van der Waals surface area contributed by atoms with Crippen LogP contribution in [0.2, 0.25) is 0 Å². The van der Waals surface area contributed by atoms with Crippen molar-refractivity contribution in [2.45, 2.75) is 117 Å². The third-order valence-corrected chi connectivity index (χ3v) is 12.9. The van der Waals surface area contributed by atoms with Crippen molar-refractivity contribution in [2.75, 3.05) is 5.75 Å². The van der Waals surface area contributed by atoms with Crippen LogP contribution in [0.5, 0.6) is 0 Å². The molecule has 0 aliphatic heterocycles. The molecule has 0 unspecified atom stereocenters. The van der Waals surface area contributed by atoms with Gasteiger partial charge in [-0.2, -0.15) is 0 Å². The number of rotatable bonds is 8. The molecule has 0 radical (unpaired) electrons. The normalized spacial score (nSPS) is 46.4. The number of carbonyl (C=O) groups excluding carboxylic acids is 1. The van der Waals surface area contributed by atoms with Gasteiger partial charge in [-0.25, -0.2) is 8.42 Å². The second-order valence-corrected chi connectivity index (χ2v) is 15.4. The van der Waals surface area contributed by atoms with Crippen LogP contribution in [0.3, 0.4) is 0 Å². The van der Waals surface area contributed by atoms with Gasteiger partial charge in [-0.15, -0.1) is 0 Å². The van der Waals surface area contributed by atoms with E-state index in [1.807, 2.05) is 0 Å². The fourth-order valence-corrected chi connectivity index (χ4v) is 10.8. The maximum absolute atomic E-state index is 12.5. The Balaban J connectivity index is 1.49. The number of hydrogen-bond acceptors (Lipinski definition) is 7. The summed E-state index contributed by atoms with van der Waals surface area (Å²) in [5.74, 6) is 0.555. The molecular formula is C29H50NO7S-. The van der Waals surface area contributed by atoms with Crippen LogP contribution in [0, 0.1) is 52.3 Å². The molecule has 0 saturated heterocycles. The molecule has 220 valence electrons. The molecule has 0 aromatic carbocycles. The van der Waals surface area contributed by atoms with Gasteiger partial charge in [0.2, 0.25) is 5.91 Å². The van der Waals surface area contributed by atoms with Gasteiger partial charge in [0, 0.05) is 12.5 Å². The SMILES string of the molecule is CC[C@H]1[C@@H](O)[C@@H]2[C@H](C[C@H](O)[C@]3(C)[C@@H]([C@H](C)CCC(=O)N[C@@H](C)CS(=O)(=O)[O-])CC[C@@H]23)[C@@]2(C)CC[C@@H](O)C[C@@H]12. The van der Waals surface area contributed by atoms with Gasteiger partial charge in [-0.05, 0) is 104 Å². The minimum atomic E-state index is -4.40. The first-order valence-corrected chi connectivity index (χ1v) is 16.5. The minimum Gasteiger partial charge on any atom is -0.748 e. The number of hydrogen-bond donors (Lipinski definition) is 4. The molecule has 13 atom stereocenters. The summed E-state index contributed by atoms with van der Waals surface area (Å²) in [6, 6.07) is -0.726. The third-order valence-electron chi connectivity index (χ3n) is 11.9. The van der Waals surface area contributed by atoms with Gasteiger partial charge in [-0.3, -0.25) is 4.79 Å². The average molecular weight is 557 g/mol. The predicted molar refractivity (Wildman–Crippen MR) is 144 cm³/mol. The zero-order valence-electron chi connectivity index (χ0n) is 23.8. The monoisotopic (exact) mass is 556 g/mol. The summed E-state index contributed by atoms with van der Waals surface area (Å²) in [7, 11) is -4.40. The molecule has 4 saturated carbocycles. The highest BCUT2D eigenvalue weighted by molar-refractivity contribution is 7.85. The van der Waals surface area contributed by atoms with Crippen molar-refractivity contribution in [1.82, 2.24) is 5.32 Å². The Morgan fingerprint density at radius 1 is 1.05 bits per heavy atom. The van der Waals surface area contributed by atoms with E-state index in [1.165, 1.54) is 6.92 Å². The van der Waals surface area contributed by atoms with Gasteiger partial charge in [0.05, 0.1) is 34.2 Å². The van der Waals surface area contributed by atoms with E-state index in [0.29, 0.717) is 12.8 Å². The summed E-state index contributed by atoms with van der Waals surface area (Å²) in [6.07, 6.45) is 5.63. The Morgan fingerprint density at radius 3 is 2.37 bits per heavy atom. The maximum Gasteiger partial charge on any atom is 0.220 e. The van der Waals surface area contributed by atoms with Gasteiger partial charge in [0.15, 0.2) is 0 Å². The van der Waals surface area contributed by atoms with Gasteiger partial charge in [0.25, 0.3) is 0 Å². The van der Waals surface area contributed by atoms with E-state index in [9.17, 15) is 33.1 Å². The van der Waals surface area contributed by atoms with Crippen molar-refractivity contribution in [3.8, 4) is 0 Å². The van der Waals surface area contributed by atoms with Crippen molar-refractivity contribution in [3.05, 3.63) is 0 Å². The summed E-state index contributed by atoms with van der Waals surface area (Å²) in [6.45, 7) is 10.4. The zero-order valence-corrected chi connectivity index (χ0v) is 24.6. The smallest absolute Gasteiger partial charge is 0.220 e. The first-order valence-electron chi connectivity index (χ1n) is 14.9. The molecule has 0 aromatic heterocycles. The Hall–Kier alpha value is -0.740. The molecule has 4 fully saturated rings. The molecule has 4 aliphatic carbocycles. The van der Waals surface area contributed by atoms with Crippen LogP contribution in [0.4, 0.5) is 0 Å². The highest BCUT2D eigenvalue weighted by Crippen LogP contribution is 2.69. The Bertz CT molecular complexity index is 974. The zero-order chi connectivity index (χ0) is 28.2. The molecule has 0 bridgehead atoms. The van der Waals surface area contributed by atoms with E-state index in [1.54, 1.807) is 0 Å².